The van der Waals surface area contributed by atoms with Crippen LogP contribution in [-0.4, -0.2) is 23.5 Å². The van der Waals surface area contributed by atoms with Crippen molar-refractivity contribution in [3.8, 4) is 0 Å². The number of carbonyl (C=O) groups excluding carboxylic acids is 1. The second kappa shape index (κ2) is 5.95. The number of nitrogens with one attached hydrogen (secondary N) is 1. The highest BCUT2D eigenvalue weighted by atomic mass is 79.9. The van der Waals surface area contributed by atoms with Crippen LogP contribution in [0.5, 0.6) is 0 Å². The summed E-state index contributed by atoms with van der Waals surface area (Å²) in [5.74, 6) is 1.16. The molecule has 3 N–H and O–H groups in total. The molecule has 1 aromatic heterocycles. The molecule has 1 aromatic carbocycles. The molecule has 0 spiro atoms. The first-order valence-electron chi connectivity index (χ1n) is 6.52. The van der Waals surface area contributed by atoms with E-state index in [4.69, 9.17) is 5.73 Å². The van der Waals surface area contributed by atoms with E-state index in [1.807, 2.05) is 30.0 Å². The van der Waals surface area contributed by atoms with E-state index in [0.29, 0.717) is 15.8 Å². The van der Waals surface area contributed by atoms with Gasteiger partial charge in [-0.2, -0.15) is 11.8 Å². The number of amides is 1. The van der Waals surface area contributed by atoms with Crippen molar-refractivity contribution >= 4 is 60.7 Å². The SMILES string of the molecule is Nc1c(C(=O)NCC2CCCS2)sc2cc(Br)ccc12. The lowest BCUT2D eigenvalue weighted by Gasteiger charge is -2.09. The number of anilines is 1. The molecular weight excluding hydrogens is 356 g/mol. The topological polar surface area (TPSA) is 55.1 Å². The van der Waals surface area contributed by atoms with Crippen molar-refractivity contribution in [1.82, 2.24) is 5.32 Å². The number of thiophene rings is 1. The van der Waals surface area contributed by atoms with Crippen LogP contribution in [0.1, 0.15) is 22.5 Å². The minimum atomic E-state index is -0.0488. The zero-order valence-electron chi connectivity index (χ0n) is 10.8. The van der Waals surface area contributed by atoms with Crippen LogP contribution in [0.4, 0.5) is 5.69 Å². The molecule has 3 rings (SSSR count). The Bertz CT molecular complexity index is 650. The average Bonchev–Trinajstić information content (AvgIpc) is 3.04. The molecule has 1 saturated heterocycles. The van der Waals surface area contributed by atoms with Gasteiger partial charge in [0, 0.05) is 26.4 Å². The summed E-state index contributed by atoms with van der Waals surface area (Å²) in [6, 6.07) is 5.90. The number of nitrogens with two attached hydrogens (primary N) is 1. The molecule has 20 heavy (non-hydrogen) atoms. The average molecular weight is 371 g/mol. The van der Waals surface area contributed by atoms with Gasteiger partial charge < -0.3 is 11.1 Å². The molecule has 0 saturated carbocycles. The largest absolute Gasteiger partial charge is 0.397 e. The molecule has 3 nitrogen and oxygen atoms in total. The monoisotopic (exact) mass is 370 g/mol. The Hall–Kier alpha value is -0.720. The van der Waals surface area contributed by atoms with E-state index in [1.165, 1.54) is 29.9 Å². The highest BCUT2D eigenvalue weighted by Crippen LogP contribution is 2.35. The van der Waals surface area contributed by atoms with E-state index < -0.39 is 0 Å². The fourth-order valence-electron chi connectivity index (χ4n) is 2.35. The summed E-state index contributed by atoms with van der Waals surface area (Å²) < 4.78 is 2.04. The normalized spacial score (nSPS) is 18.6. The Kier molecular flexibility index (Phi) is 4.23. The Balaban J connectivity index is 1.78. The van der Waals surface area contributed by atoms with Crippen molar-refractivity contribution in [3.05, 3.63) is 27.5 Å². The van der Waals surface area contributed by atoms with Gasteiger partial charge in [-0.1, -0.05) is 22.0 Å². The van der Waals surface area contributed by atoms with E-state index >= 15 is 0 Å². The summed E-state index contributed by atoms with van der Waals surface area (Å²) in [5, 5.41) is 4.53. The van der Waals surface area contributed by atoms with Crippen LogP contribution >= 0.6 is 39.0 Å². The smallest absolute Gasteiger partial charge is 0.263 e. The van der Waals surface area contributed by atoms with Gasteiger partial charge in [0.2, 0.25) is 0 Å². The quantitative estimate of drug-likeness (QED) is 0.861. The molecule has 1 unspecified atom stereocenters. The summed E-state index contributed by atoms with van der Waals surface area (Å²) in [4.78, 5) is 12.9. The Morgan fingerprint density at radius 2 is 2.35 bits per heavy atom. The van der Waals surface area contributed by atoms with Gasteiger partial charge in [-0.25, -0.2) is 0 Å². The highest BCUT2D eigenvalue weighted by Gasteiger charge is 2.20. The van der Waals surface area contributed by atoms with E-state index in [-0.39, 0.29) is 5.91 Å². The lowest BCUT2D eigenvalue weighted by atomic mass is 10.2. The zero-order chi connectivity index (χ0) is 14.1. The van der Waals surface area contributed by atoms with Gasteiger partial charge in [0.15, 0.2) is 0 Å². The first kappa shape index (κ1) is 14.2. The van der Waals surface area contributed by atoms with Crippen molar-refractivity contribution in [3.63, 3.8) is 0 Å². The first-order chi connectivity index (χ1) is 9.65. The minimum Gasteiger partial charge on any atom is -0.397 e. The van der Waals surface area contributed by atoms with Crippen LogP contribution in [0.2, 0.25) is 0 Å². The van der Waals surface area contributed by atoms with Gasteiger partial charge >= 0.3 is 0 Å². The van der Waals surface area contributed by atoms with E-state index in [9.17, 15) is 4.79 Å². The maximum absolute atomic E-state index is 12.3. The third kappa shape index (κ3) is 2.82. The summed E-state index contributed by atoms with van der Waals surface area (Å²) in [7, 11) is 0. The van der Waals surface area contributed by atoms with Gasteiger partial charge in [-0.15, -0.1) is 11.3 Å². The number of hydrogen-bond acceptors (Lipinski definition) is 4. The summed E-state index contributed by atoms with van der Waals surface area (Å²) in [5.41, 5.74) is 6.69. The van der Waals surface area contributed by atoms with Crippen molar-refractivity contribution in [2.24, 2.45) is 0 Å². The molecule has 1 atom stereocenters. The number of fused-ring (bicyclic) bond motifs is 1. The van der Waals surface area contributed by atoms with E-state index in [0.717, 1.165) is 21.1 Å². The van der Waals surface area contributed by atoms with Gasteiger partial charge in [0.1, 0.15) is 4.88 Å². The third-order valence-corrected chi connectivity index (χ3v) is 6.47. The summed E-state index contributed by atoms with van der Waals surface area (Å²) >= 11 is 6.84. The third-order valence-electron chi connectivity index (χ3n) is 3.41. The first-order valence-corrected chi connectivity index (χ1v) is 9.18. The van der Waals surface area contributed by atoms with E-state index in [2.05, 4.69) is 21.2 Å². The molecule has 2 aromatic rings. The van der Waals surface area contributed by atoms with Crippen LogP contribution in [0.15, 0.2) is 22.7 Å². The molecule has 1 aliphatic heterocycles. The van der Waals surface area contributed by atoms with Crippen LogP contribution in [0.25, 0.3) is 10.1 Å². The molecule has 2 heterocycles. The fourth-order valence-corrected chi connectivity index (χ4v) is 5.14. The maximum atomic E-state index is 12.3. The van der Waals surface area contributed by atoms with Crippen molar-refractivity contribution in [2.75, 3.05) is 18.0 Å². The molecule has 1 amide bonds. The molecule has 0 bridgehead atoms. The lowest BCUT2D eigenvalue weighted by molar-refractivity contribution is 0.0958. The Labute approximate surface area is 134 Å². The Morgan fingerprint density at radius 1 is 1.50 bits per heavy atom. The lowest BCUT2D eigenvalue weighted by Crippen LogP contribution is -2.29. The predicted molar refractivity (Wildman–Crippen MR) is 91.8 cm³/mol. The molecule has 0 radical (unpaired) electrons. The number of benzene rings is 1. The van der Waals surface area contributed by atoms with Gasteiger partial charge in [-0.3, -0.25) is 4.79 Å². The molecule has 1 fully saturated rings. The number of carbonyl (C=O) groups is 1. The number of rotatable bonds is 3. The predicted octanol–water partition coefficient (Wildman–Crippen LogP) is 3.87. The van der Waals surface area contributed by atoms with Gasteiger partial charge in [0.05, 0.1) is 5.69 Å². The molecule has 6 heteroatoms. The summed E-state index contributed by atoms with van der Waals surface area (Å²) in [6.07, 6.45) is 2.45. The van der Waals surface area contributed by atoms with Crippen LogP contribution in [0, 0.1) is 0 Å². The van der Waals surface area contributed by atoms with Crippen molar-refractivity contribution in [2.45, 2.75) is 18.1 Å². The van der Waals surface area contributed by atoms with Gasteiger partial charge in [0.25, 0.3) is 5.91 Å². The number of hydrogen-bond donors (Lipinski definition) is 2. The number of halogens is 1. The molecule has 0 aliphatic carbocycles. The highest BCUT2D eigenvalue weighted by molar-refractivity contribution is 9.10. The second-order valence-electron chi connectivity index (χ2n) is 4.83. The van der Waals surface area contributed by atoms with Gasteiger partial charge in [-0.05, 0) is 30.7 Å². The van der Waals surface area contributed by atoms with Crippen molar-refractivity contribution in [1.29, 1.82) is 0 Å². The van der Waals surface area contributed by atoms with Crippen LogP contribution in [-0.2, 0) is 0 Å². The molecule has 106 valence electrons. The number of thioether (sulfide) groups is 1. The molecule has 1 aliphatic rings. The summed E-state index contributed by atoms with van der Waals surface area (Å²) in [6.45, 7) is 0.737. The minimum absolute atomic E-state index is 0.0488. The Morgan fingerprint density at radius 3 is 3.10 bits per heavy atom. The van der Waals surface area contributed by atoms with Crippen LogP contribution < -0.4 is 11.1 Å². The number of nitrogen functional groups attached to an aromatic ring is 1. The zero-order valence-corrected chi connectivity index (χ0v) is 14.0. The fraction of sp³-hybridized carbons (Fsp3) is 0.357. The van der Waals surface area contributed by atoms with E-state index in [1.54, 1.807) is 0 Å². The maximum Gasteiger partial charge on any atom is 0.263 e. The van der Waals surface area contributed by atoms with Crippen molar-refractivity contribution < 1.29 is 4.79 Å². The van der Waals surface area contributed by atoms with Crippen LogP contribution in [0.3, 0.4) is 0 Å². The molecular formula is C14H15BrN2OS2. The second-order valence-corrected chi connectivity index (χ2v) is 8.21. The standard InChI is InChI=1S/C14H15BrN2OS2/c15-8-3-4-10-11(6-8)20-13(12(10)16)14(18)17-7-9-2-1-5-19-9/h3-4,6,9H,1-2,5,7,16H2,(H,17,18).